The summed E-state index contributed by atoms with van der Waals surface area (Å²) >= 11 is 5.70. The minimum atomic E-state index is -2.66. The molecule has 0 atom stereocenters. The predicted octanol–water partition coefficient (Wildman–Crippen LogP) is 1.13. The van der Waals surface area contributed by atoms with Crippen LogP contribution in [0.4, 0.5) is 0 Å². The van der Waals surface area contributed by atoms with Crippen molar-refractivity contribution in [2.24, 2.45) is 0 Å². The van der Waals surface area contributed by atoms with E-state index in [9.17, 15) is 0 Å². The summed E-state index contributed by atoms with van der Waals surface area (Å²) in [5.74, 6) is -2.66. The molecule has 0 aliphatic carbocycles. The van der Waals surface area contributed by atoms with Gasteiger partial charge < -0.3 is 15.3 Å². The Morgan fingerprint density at radius 3 is 1.70 bits per heavy atom. The Labute approximate surface area is 99.3 Å². The summed E-state index contributed by atoms with van der Waals surface area (Å²) in [7, 11) is 0. The van der Waals surface area contributed by atoms with Crippen LogP contribution in [-0.2, 0) is 0 Å². The molecule has 0 spiro atoms. The molecule has 60 valence electrons. The van der Waals surface area contributed by atoms with Gasteiger partial charge in [0.15, 0.2) is 0 Å². The third kappa shape index (κ3) is 3.99. The van der Waals surface area contributed by atoms with Gasteiger partial charge in [0.25, 0.3) is 0 Å². The van der Waals surface area contributed by atoms with Gasteiger partial charge in [0.1, 0.15) is 0 Å². The van der Waals surface area contributed by atoms with Crippen molar-refractivity contribution < 1.29 is 15.3 Å². The number of halogens is 3. The van der Waals surface area contributed by atoms with E-state index >= 15 is 0 Å². The number of aliphatic hydroxyl groups is 3. The molecule has 0 aromatic carbocycles. The van der Waals surface area contributed by atoms with Crippen LogP contribution in [0.2, 0.25) is 0 Å². The number of hydrogen-bond acceptors (Lipinski definition) is 3. The quantitative estimate of drug-likeness (QED) is 0.315. The Balaban J connectivity index is 4.47. The first-order chi connectivity index (χ1) is 4.39. The van der Waals surface area contributed by atoms with Crippen LogP contribution in [0.25, 0.3) is 0 Å². The minimum absolute atomic E-state index is 0.153. The van der Waals surface area contributed by atoms with Gasteiger partial charge in [-0.05, 0) is 45.2 Å². The molecule has 0 bridgehead atoms. The van der Waals surface area contributed by atoms with Crippen LogP contribution < -0.4 is 0 Å². The maximum Gasteiger partial charge on any atom is 0.311 e. The van der Waals surface area contributed by atoms with E-state index in [1.165, 1.54) is 0 Å². The molecule has 0 unspecified atom stereocenters. The van der Waals surface area contributed by atoms with Crippen LogP contribution in [0, 0.1) is 0 Å². The molecule has 0 heterocycles. The normalized spacial score (nSPS) is 15.0. The SMILES string of the molecule is OC(O)(O)/C(I)=C(\I)CI. The van der Waals surface area contributed by atoms with E-state index in [4.69, 9.17) is 15.3 Å². The monoisotopic (exact) mass is 482 g/mol. The Bertz CT molecular complexity index is 148. The lowest BCUT2D eigenvalue weighted by Gasteiger charge is -2.13. The van der Waals surface area contributed by atoms with Crippen molar-refractivity contribution in [1.29, 1.82) is 0 Å². The maximum absolute atomic E-state index is 8.63. The van der Waals surface area contributed by atoms with Crippen molar-refractivity contribution >= 4 is 67.8 Å². The fourth-order valence-corrected chi connectivity index (χ4v) is 1.90. The molecule has 0 aromatic rings. The Kier molecular flexibility index (Phi) is 5.60. The summed E-state index contributed by atoms with van der Waals surface area (Å²) in [5.41, 5.74) is 0. The molecule has 0 rings (SSSR count). The zero-order chi connectivity index (χ0) is 8.36. The van der Waals surface area contributed by atoms with Crippen LogP contribution in [0.3, 0.4) is 0 Å². The number of allylic oxidation sites excluding steroid dienone is 1. The van der Waals surface area contributed by atoms with Crippen LogP contribution in [0.1, 0.15) is 0 Å². The molecule has 6 heteroatoms. The fraction of sp³-hybridized carbons (Fsp3) is 0.500. The summed E-state index contributed by atoms with van der Waals surface area (Å²) in [4.78, 5) is 0. The summed E-state index contributed by atoms with van der Waals surface area (Å²) in [6, 6.07) is 0. The van der Waals surface area contributed by atoms with Gasteiger partial charge in [-0.25, -0.2) is 0 Å². The lowest BCUT2D eigenvalue weighted by atomic mass is 10.5. The molecule has 0 radical (unpaired) electrons. The molecular weight excluding hydrogens is 477 g/mol. The fourth-order valence-electron chi connectivity index (χ4n) is 0.241. The second-order valence-corrected chi connectivity index (χ2v) is 4.63. The first kappa shape index (κ1) is 11.8. The molecule has 0 saturated carbocycles. The van der Waals surface area contributed by atoms with E-state index in [1.54, 1.807) is 22.6 Å². The van der Waals surface area contributed by atoms with E-state index in [0.29, 0.717) is 4.43 Å². The zero-order valence-electron chi connectivity index (χ0n) is 4.68. The summed E-state index contributed by atoms with van der Waals surface area (Å²) in [6.45, 7) is 0. The molecule has 10 heavy (non-hydrogen) atoms. The molecule has 0 fully saturated rings. The smallest absolute Gasteiger partial charge is 0.311 e. The Morgan fingerprint density at radius 2 is 1.60 bits per heavy atom. The van der Waals surface area contributed by atoms with Gasteiger partial charge in [0, 0.05) is 8.01 Å². The highest BCUT2D eigenvalue weighted by Crippen LogP contribution is 2.27. The molecule has 0 saturated heterocycles. The average molecular weight is 482 g/mol. The number of hydrogen-bond donors (Lipinski definition) is 3. The van der Waals surface area contributed by atoms with Crippen molar-refractivity contribution in [2.75, 3.05) is 4.43 Å². The molecular formula is C4H5I3O3. The van der Waals surface area contributed by atoms with Gasteiger partial charge in [-0.3, -0.25) is 0 Å². The second kappa shape index (κ2) is 4.74. The molecule has 3 N–H and O–H groups in total. The van der Waals surface area contributed by atoms with Gasteiger partial charge in [-0.15, -0.1) is 0 Å². The topological polar surface area (TPSA) is 60.7 Å². The molecule has 0 amide bonds. The molecule has 0 aliphatic rings. The van der Waals surface area contributed by atoms with E-state index in [0.717, 1.165) is 3.58 Å². The highest BCUT2D eigenvalue weighted by atomic mass is 127. The summed E-state index contributed by atoms with van der Waals surface area (Å²) in [6.07, 6.45) is 0. The first-order valence-electron chi connectivity index (χ1n) is 2.17. The van der Waals surface area contributed by atoms with Crippen LogP contribution in [0.15, 0.2) is 7.16 Å². The molecule has 3 nitrogen and oxygen atoms in total. The van der Waals surface area contributed by atoms with Crippen molar-refractivity contribution in [2.45, 2.75) is 5.97 Å². The Hall–Kier alpha value is 1.81. The maximum atomic E-state index is 8.63. The van der Waals surface area contributed by atoms with Gasteiger partial charge in [0.2, 0.25) is 0 Å². The van der Waals surface area contributed by atoms with E-state index in [-0.39, 0.29) is 3.58 Å². The highest BCUT2D eigenvalue weighted by Gasteiger charge is 2.24. The lowest BCUT2D eigenvalue weighted by molar-refractivity contribution is -0.274. The first-order valence-corrected chi connectivity index (χ1v) is 5.85. The largest absolute Gasteiger partial charge is 0.339 e. The highest BCUT2D eigenvalue weighted by molar-refractivity contribution is 14.1. The minimum Gasteiger partial charge on any atom is -0.339 e. The number of alkyl halides is 1. The lowest BCUT2D eigenvalue weighted by Crippen LogP contribution is -2.27. The van der Waals surface area contributed by atoms with E-state index < -0.39 is 5.97 Å². The van der Waals surface area contributed by atoms with Gasteiger partial charge in [0.05, 0.1) is 3.58 Å². The molecule has 0 aromatic heterocycles. The van der Waals surface area contributed by atoms with Crippen LogP contribution >= 0.6 is 67.8 Å². The second-order valence-electron chi connectivity index (χ2n) is 1.49. The van der Waals surface area contributed by atoms with E-state index in [1.807, 2.05) is 22.6 Å². The summed E-state index contributed by atoms with van der Waals surface area (Å²) in [5, 5.41) is 25.9. The predicted molar refractivity (Wildman–Crippen MR) is 63.3 cm³/mol. The van der Waals surface area contributed by atoms with Crippen molar-refractivity contribution in [3.63, 3.8) is 0 Å². The van der Waals surface area contributed by atoms with Crippen LogP contribution in [-0.4, -0.2) is 25.7 Å². The van der Waals surface area contributed by atoms with Crippen molar-refractivity contribution in [3.8, 4) is 0 Å². The van der Waals surface area contributed by atoms with E-state index in [2.05, 4.69) is 22.6 Å². The average Bonchev–Trinajstić information content (AvgIpc) is 1.83. The molecule has 0 aliphatic heterocycles. The Morgan fingerprint density at radius 1 is 1.20 bits per heavy atom. The van der Waals surface area contributed by atoms with Crippen molar-refractivity contribution in [1.82, 2.24) is 0 Å². The zero-order valence-corrected chi connectivity index (χ0v) is 11.2. The van der Waals surface area contributed by atoms with Crippen LogP contribution in [0.5, 0.6) is 0 Å². The van der Waals surface area contributed by atoms with Gasteiger partial charge >= 0.3 is 5.97 Å². The third-order valence-corrected chi connectivity index (χ3v) is 6.20. The summed E-state index contributed by atoms with van der Waals surface area (Å²) < 4.78 is 1.53. The van der Waals surface area contributed by atoms with Gasteiger partial charge in [-0.2, -0.15) is 0 Å². The van der Waals surface area contributed by atoms with Crippen molar-refractivity contribution in [3.05, 3.63) is 7.16 Å². The number of rotatable bonds is 2. The third-order valence-electron chi connectivity index (χ3n) is 0.650. The van der Waals surface area contributed by atoms with Gasteiger partial charge in [-0.1, -0.05) is 22.6 Å². The standard InChI is InChI=1S/C4H5I3O3/c5-1-2(6)3(7)4(8,9)10/h8-10H,1H2/b3-2+.